The van der Waals surface area contributed by atoms with Gasteiger partial charge in [-0.2, -0.15) is 0 Å². The second-order valence-electron chi connectivity index (χ2n) is 8.36. The molecule has 0 heterocycles. The van der Waals surface area contributed by atoms with E-state index in [0.717, 1.165) is 23.9 Å². The second kappa shape index (κ2) is 4.23. The molecule has 0 spiro atoms. The van der Waals surface area contributed by atoms with Crippen LogP contribution in [0.15, 0.2) is 0 Å². The van der Waals surface area contributed by atoms with Crippen LogP contribution in [0.5, 0.6) is 0 Å². The third-order valence-corrected chi connectivity index (χ3v) is 6.96. The van der Waals surface area contributed by atoms with Gasteiger partial charge in [-0.3, -0.25) is 0 Å². The van der Waals surface area contributed by atoms with Gasteiger partial charge in [-0.15, -0.1) is 0 Å². The Hall–Kier alpha value is -0.0400. The van der Waals surface area contributed by atoms with E-state index in [4.69, 9.17) is 0 Å². The largest absolute Gasteiger partial charge is 0.310 e. The van der Waals surface area contributed by atoms with Crippen LogP contribution in [0.4, 0.5) is 0 Å². The van der Waals surface area contributed by atoms with Crippen molar-refractivity contribution in [1.29, 1.82) is 0 Å². The summed E-state index contributed by atoms with van der Waals surface area (Å²) < 4.78 is 0. The Morgan fingerprint density at radius 3 is 2.00 bits per heavy atom. The molecule has 0 aromatic carbocycles. The lowest BCUT2D eigenvalue weighted by atomic mass is 9.69. The van der Waals surface area contributed by atoms with E-state index >= 15 is 0 Å². The van der Waals surface area contributed by atoms with Crippen molar-refractivity contribution < 1.29 is 0 Å². The van der Waals surface area contributed by atoms with Gasteiger partial charge >= 0.3 is 0 Å². The number of hydrogen-bond acceptors (Lipinski definition) is 1. The second-order valence-corrected chi connectivity index (χ2v) is 8.36. The first kappa shape index (κ1) is 13.0. The van der Waals surface area contributed by atoms with E-state index in [9.17, 15) is 0 Å². The van der Waals surface area contributed by atoms with Gasteiger partial charge in [-0.25, -0.2) is 0 Å². The minimum absolute atomic E-state index is 0.496. The van der Waals surface area contributed by atoms with E-state index in [0.29, 0.717) is 10.8 Å². The van der Waals surface area contributed by atoms with Gasteiger partial charge in [0.05, 0.1) is 0 Å². The van der Waals surface area contributed by atoms with E-state index in [1.165, 1.54) is 44.9 Å². The highest BCUT2D eigenvalue weighted by Crippen LogP contribution is 2.63. The van der Waals surface area contributed by atoms with Crippen molar-refractivity contribution in [2.24, 2.45) is 22.7 Å². The highest BCUT2D eigenvalue weighted by molar-refractivity contribution is 5.18. The Morgan fingerprint density at radius 2 is 1.39 bits per heavy atom. The standard InChI is InChI=1S/C17H31N/c1-16(2)15(17(16,3)4)18-14-10-9-12-7-5-6-8-13(12)11-14/h12-15,18H,5-11H2,1-4H3. The van der Waals surface area contributed by atoms with Gasteiger partial charge in [0, 0.05) is 12.1 Å². The van der Waals surface area contributed by atoms with Crippen molar-refractivity contribution in [3.63, 3.8) is 0 Å². The van der Waals surface area contributed by atoms with Gasteiger partial charge in [-0.05, 0) is 41.9 Å². The summed E-state index contributed by atoms with van der Waals surface area (Å²) in [6.07, 6.45) is 10.4. The average Bonchev–Trinajstić information content (AvgIpc) is 2.72. The number of hydrogen-bond donors (Lipinski definition) is 1. The van der Waals surface area contributed by atoms with Crippen LogP contribution in [-0.2, 0) is 0 Å². The zero-order chi connectivity index (χ0) is 13.0. The average molecular weight is 249 g/mol. The molecule has 0 aromatic rings. The highest BCUT2D eigenvalue weighted by Gasteiger charge is 2.65. The lowest BCUT2D eigenvalue weighted by molar-refractivity contribution is 0.141. The summed E-state index contributed by atoms with van der Waals surface area (Å²) in [5, 5.41) is 4.01. The predicted octanol–water partition coefficient (Wildman–Crippen LogP) is 4.37. The van der Waals surface area contributed by atoms with Crippen LogP contribution in [0.25, 0.3) is 0 Å². The minimum Gasteiger partial charge on any atom is -0.310 e. The van der Waals surface area contributed by atoms with E-state index in [1.54, 1.807) is 0 Å². The van der Waals surface area contributed by atoms with Gasteiger partial charge in [0.1, 0.15) is 0 Å². The molecule has 3 fully saturated rings. The molecule has 0 aliphatic heterocycles. The molecule has 3 rings (SSSR count). The van der Waals surface area contributed by atoms with Crippen LogP contribution in [0.1, 0.15) is 72.6 Å². The lowest BCUT2D eigenvalue weighted by Crippen LogP contribution is -2.41. The van der Waals surface area contributed by atoms with Crippen LogP contribution < -0.4 is 5.32 Å². The van der Waals surface area contributed by atoms with Crippen LogP contribution >= 0.6 is 0 Å². The van der Waals surface area contributed by atoms with E-state index in [-0.39, 0.29) is 0 Å². The molecular weight excluding hydrogens is 218 g/mol. The fourth-order valence-corrected chi connectivity index (χ4v) is 4.87. The number of rotatable bonds is 2. The quantitative estimate of drug-likeness (QED) is 0.766. The molecule has 1 nitrogen and oxygen atoms in total. The first-order valence-electron chi connectivity index (χ1n) is 8.19. The first-order valence-corrected chi connectivity index (χ1v) is 8.19. The molecule has 1 N–H and O–H groups in total. The lowest BCUT2D eigenvalue weighted by Gasteiger charge is -2.40. The molecule has 0 bridgehead atoms. The highest BCUT2D eigenvalue weighted by atomic mass is 15.1. The van der Waals surface area contributed by atoms with Crippen molar-refractivity contribution >= 4 is 0 Å². The van der Waals surface area contributed by atoms with Crippen molar-refractivity contribution in [2.75, 3.05) is 0 Å². The smallest absolute Gasteiger partial charge is 0.0183 e. The molecule has 3 aliphatic rings. The maximum atomic E-state index is 4.01. The molecule has 1 heteroatoms. The fraction of sp³-hybridized carbons (Fsp3) is 1.00. The van der Waals surface area contributed by atoms with Gasteiger partial charge in [0.15, 0.2) is 0 Å². The van der Waals surface area contributed by atoms with Crippen molar-refractivity contribution in [1.82, 2.24) is 5.32 Å². The van der Waals surface area contributed by atoms with Crippen LogP contribution in [0, 0.1) is 22.7 Å². The normalized spacial score (nSPS) is 42.3. The summed E-state index contributed by atoms with van der Waals surface area (Å²) in [6.45, 7) is 9.71. The molecule has 0 amide bonds. The van der Waals surface area contributed by atoms with Crippen LogP contribution in [0.3, 0.4) is 0 Å². The summed E-state index contributed by atoms with van der Waals surface area (Å²) >= 11 is 0. The molecule has 0 saturated heterocycles. The topological polar surface area (TPSA) is 12.0 Å². The van der Waals surface area contributed by atoms with Gasteiger partial charge < -0.3 is 5.32 Å². The van der Waals surface area contributed by atoms with Gasteiger partial charge in [-0.1, -0.05) is 53.4 Å². The molecule has 3 aliphatic carbocycles. The van der Waals surface area contributed by atoms with Crippen molar-refractivity contribution in [3.8, 4) is 0 Å². The summed E-state index contributed by atoms with van der Waals surface area (Å²) in [5.41, 5.74) is 0.993. The number of nitrogens with one attached hydrogen (secondary N) is 1. The first-order chi connectivity index (χ1) is 8.43. The summed E-state index contributed by atoms with van der Waals surface area (Å²) in [7, 11) is 0. The van der Waals surface area contributed by atoms with Crippen LogP contribution in [-0.4, -0.2) is 12.1 Å². The van der Waals surface area contributed by atoms with Crippen molar-refractivity contribution in [2.45, 2.75) is 84.7 Å². The molecule has 104 valence electrons. The zero-order valence-corrected chi connectivity index (χ0v) is 12.8. The van der Waals surface area contributed by atoms with Gasteiger partial charge in [0.25, 0.3) is 0 Å². The van der Waals surface area contributed by atoms with E-state index < -0.39 is 0 Å². The number of fused-ring (bicyclic) bond motifs is 1. The molecule has 3 atom stereocenters. The molecule has 3 unspecified atom stereocenters. The molecule has 18 heavy (non-hydrogen) atoms. The predicted molar refractivity (Wildman–Crippen MR) is 77.6 cm³/mol. The summed E-state index contributed by atoms with van der Waals surface area (Å²) in [4.78, 5) is 0. The fourth-order valence-electron chi connectivity index (χ4n) is 4.87. The Labute approximate surface area is 113 Å². The molecule has 0 aromatic heterocycles. The monoisotopic (exact) mass is 249 g/mol. The Morgan fingerprint density at radius 1 is 0.778 bits per heavy atom. The summed E-state index contributed by atoms with van der Waals surface area (Å²) in [6, 6.07) is 1.56. The Bertz CT molecular complexity index is 304. The SMILES string of the molecule is CC1(C)C(NC2CCC3CCCCC3C2)C1(C)C. The Balaban J connectivity index is 1.56. The maximum absolute atomic E-state index is 4.01. The zero-order valence-electron chi connectivity index (χ0n) is 12.8. The minimum atomic E-state index is 0.496. The maximum Gasteiger partial charge on any atom is 0.0183 e. The van der Waals surface area contributed by atoms with Gasteiger partial charge in [0.2, 0.25) is 0 Å². The van der Waals surface area contributed by atoms with Crippen LogP contribution in [0.2, 0.25) is 0 Å². The summed E-state index contributed by atoms with van der Waals surface area (Å²) in [5.74, 6) is 2.13. The van der Waals surface area contributed by atoms with E-state index in [2.05, 4.69) is 33.0 Å². The Kier molecular flexibility index (Phi) is 3.05. The third-order valence-electron chi connectivity index (χ3n) is 6.96. The molecule has 0 radical (unpaired) electrons. The molecule has 3 saturated carbocycles. The third kappa shape index (κ3) is 1.94. The molecular formula is C17H31N. The van der Waals surface area contributed by atoms with E-state index in [1.807, 2.05) is 0 Å². The van der Waals surface area contributed by atoms with Crippen molar-refractivity contribution in [3.05, 3.63) is 0 Å².